The van der Waals surface area contributed by atoms with Gasteiger partial charge in [-0.1, -0.05) is 54.6 Å². The van der Waals surface area contributed by atoms with Crippen molar-refractivity contribution in [2.45, 2.75) is 226 Å². The van der Waals surface area contributed by atoms with Crippen LogP contribution in [0.2, 0.25) is 0 Å². The first-order chi connectivity index (χ1) is 47.9. The van der Waals surface area contributed by atoms with Crippen molar-refractivity contribution in [3.05, 3.63) is 101 Å². The smallest absolute Gasteiger partial charge is 0.408 e. The fourth-order valence-electron chi connectivity index (χ4n) is 8.74. The lowest BCUT2D eigenvalue weighted by Gasteiger charge is -2.22. The van der Waals surface area contributed by atoms with E-state index < -0.39 is 94.8 Å². The number of anilines is 3. The molecule has 15 N–H and O–H groups in total. The van der Waals surface area contributed by atoms with E-state index in [4.69, 9.17) is 41.7 Å². The zero-order valence-corrected chi connectivity index (χ0v) is 64.9. The molecular weight excluding hydrogens is 1350 g/mol. The Kier molecular flexibility index (Phi) is 51.3. The van der Waals surface area contributed by atoms with Crippen molar-refractivity contribution >= 4 is 89.4 Å². The van der Waals surface area contributed by atoms with E-state index in [1.165, 1.54) is 46.6 Å². The van der Waals surface area contributed by atoms with Crippen LogP contribution in [0.1, 0.15) is 177 Å². The van der Waals surface area contributed by atoms with Crippen molar-refractivity contribution in [1.29, 1.82) is 0 Å². The molecule has 29 nitrogen and oxygen atoms in total. The number of rotatable bonds is 26. The van der Waals surface area contributed by atoms with Gasteiger partial charge in [-0.05, 0) is 216 Å². The lowest BCUT2D eigenvalue weighted by Crippen LogP contribution is -2.44. The number of fused-ring (bicyclic) bond motifs is 2. The molecule has 0 bridgehead atoms. The maximum atomic E-state index is 11.9. The predicted octanol–water partition coefficient (Wildman–Crippen LogP) is 11.0. The van der Waals surface area contributed by atoms with Crippen LogP contribution in [0.3, 0.4) is 0 Å². The number of nitrogens with one attached hydrogen (secondary N) is 6. The van der Waals surface area contributed by atoms with Gasteiger partial charge in [0.2, 0.25) is 6.54 Å². The van der Waals surface area contributed by atoms with Crippen molar-refractivity contribution in [2.75, 3.05) is 78.0 Å². The molecule has 4 amide bonds. The third-order valence-electron chi connectivity index (χ3n) is 13.4. The van der Waals surface area contributed by atoms with E-state index in [1.807, 2.05) is 67.6 Å². The molecule has 3 aromatic rings. The van der Waals surface area contributed by atoms with Crippen molar-refractivity contribution in [2.24, 2.45) is 27.2 Å². The number of aryl methyl sites for hydroxylation is 1. The van der Waals surface area contributed by atoms with Crippen LogP contribution in [-0.4, -0.2) is 173 Å². The molecule has 582 valence electrons. The number of nitrogen functional groups attached to an aromatic ring is 1. The number of nitrogens with two attached hydrogens (primary N) is 4. The molecule has 0 aromatic heterocycles. The highest BCUT2D eigenvalue weighted by Gasteiger charge is 2.29. The molecular formula is C73H122ClN13O16. The van der Waals surface area contributed by atoms with Crippen LogP contribution < -0.4 is 54.8 Å². The number of alkyl carbamates (subject to hydrolysis) is 4. The number of para-hydroxylation sites is 3. The summed E-state index contributed by atoms with van der Waals surface area (Å²) in [6, 6.07) is 21.0. The van der Waals surface area contributed by atoms with E-state index in [0.717, 1.165) is 79.2 Å². The van der Waals surface area contributed by atoms with Gasteiger partial charge in [-0.2, -0.15) is 0 Å². The largest absolute Gasteiger partial charge is 0.480 e. The van der Waals surface area contributed by atoms with Crippen LogP contribution in [0, 0.1) is 13.5 Å². The van der Waals surface area contributed by atoms with Gasteiger partial charge >= 0.3 is 48.3 Å². The highest BCUT2D eigenvalue weighted by molar-refractivity contribution is 6.03. The molecule has 4 atom stereocenters. The Morgan fingerprint density at radius 2 is 0.796 bits per heavy atom. The van der Waals surface area contributed by atoms with E-state index >= 15 is 0 Å². The second-order valence-electron chi connectivity index (χ2n) is 26.8. The Bertz CT molecular complexity index is 3010. The first kappa shape index (κ1) is 98.2. The number of halogens is 1. The predicted molar refractivity (Wildman–Crippen MR) is 407 cm³/mol. The molecule has 103 heavy (non-hydrogen) atoms. The summed E-state index contributed by atoms with van der Waals surface area (Å²) in [7, 11) is 6.86. The van der Waals surface area contributed by atoms with Gasteiger partial charge in [0.05, 0.1) is 21.3 Å². The molecule has 30 heteroatoms. The fraction of sp³-hybridized carbons (Fsp3) is 0.603. The number of aliphatic imine (C=N–C) groups is 2. The summed E-state index contributed by atoms with van der Waals surface area (Å²) in [6.07, 6.45) is 6.60. The summed E-state index contributed by atoms with van der Waals surface area (Å²) >= 11 is 0. The number of aliphatic carboxylic acids is 1. The molecule has 0 radical (unpaired) electrons. The van der Waals surface area contributed by atoms with Gasteiger partial charge in [-0.25, -0.2) is 44.9 Å². The van der Waals surface area contributed by atoms with Gasteiger partial charge in [0.1, 0.15) is 58.2 Å². The van der Waals surface area contributed by atoms with E-state index in [2.05, 4.69) is 79.8 Å². The number of esters is 3. The van der Waals surface area contributed by atoms with Gasteiger partial charge in [0.15, 0.2) is 0 Å². The zero-order chi connectivity index (χ0) is 78.1. The number of ether oxygens (including phenoxy) is 7. The SMILES string of the molecule is CC(C)(C)OC(=O)N[C@@H](CCCCN=C1Cc2ccccc2N1)C(=O)O.CN.CN.COC(=O)[C@H](CCCCN)NC(=O)OC(C)(C)C.COC(=O)[C@H](CCCCN=C1Cc2ccccc2N1)NC(=O)OC(C)(C)C.Cc1ccccc1N.Cl.[C-]#[N+]CCCC[C@H](NC(=O)OC(C)(C)C)C(=O)OC. The number of carboxylic acids is 1. The molecule has 2 aliphatic heterocycles. The summed E-state index contributed by atoms with van der Waals surface area (Å²) in [5, 5.41) is 25.8. The minimum Gasteiger partial charge on any atom is -0.480 e. The Morgan fingerprint density at radius 1 is 0.495 bits per heavy atom. The van der Waals surface area contributed by atoms with E-state index in [1.54, 1.807) is 83.1 Å². The maximum absolute atomic E-state index is 11.9. The molecule has 3 aromatic carbocycles. The topological polar surface area (TPSA) is 427 Å². The van der Waals surface area contributed by atoms with Crippen LogP contribution in [0.4, 0.5) is 36.2 Å². The zero-order valence-electron chi connectivity index (χ0n) is 64.1. The third kappa shape index (κ3) is 49.3. The lowest BCUT2D eigenvalue weighted by molar-refractivity contribution is -0.144. The number of amidine groups is 2. The van der Waals surface area contributed by atoms with Gasteiger partial charge in [0.25, 0.3) is 0 Å². The highest BCUT2D eigenvalue weighted by Crippen LogP contribution is 2.24. The second kappa shape index (κ2) is 53.8. The van der Waals surface area contributed by atoms with E-state index in [9.17, 15) is 43.5 Å². The fourth-order valence-corrected chi connectivity index (χ4v) is 8.74. The first-order valence-corrected chi connectivity index (χ1v) is 34.1. The number of carboxylic acid groups (broad SMARTS) is 1. The van der Waals surface area contributed by atoms with E-state index in [0.29, 0.717) is 71.1 Å². The molecule has 0 fully saturated rings. The molecule has 0 saturated heterocycles. The summed E-state index contributed by atoms with van der Waals surface area (Å²) < 4.78 is 34.5. The minimum atomic E-state index is -1.06. The Labute approximate surface area is 617 Å². The molecule has 2 heterocycles. The number of carbonyl (C=O) groups is 8. The first-order valence-electron chi connectivity index (χ1n) is 34.1. The second-order valence-corrected chi connectivity index (χ2v) is 26.8. The average Bonchev–Trinajstić information content (AvgIpc) is 1.72. The summed E-state index contributed by atoms with van der Waals surface area (Å²) in [4.78, 5) is 105. The molecule has 5 rings (SSSR count). The normalized spacial score (nSPS) is 13.4. The molecule has 2 aliphatic rings. The maximum Gasteiger partial charge on any atom is 0.408 e. The average molecular weight is 1470 g/mol. The Hall–Kier alpha value is -8.98. The van der Waals surface area contributed by atoms with Gasteiger partial charge in [0, 0.05) is 49.4 Å². The van der Waals surface area contributed by atoms with Crippen LogP contribution in [0.25, 0.3) is 4.85 Å². The number of nitrogens with zero attached hydrogens (tertiary/aromatic N) is 3. The van der Waals surface area contributed by atoms with Crippen LogP contribution >= 0.6 is 12.4 Å². The van der Waals surface area contributed by atoms with Gasteiger partial charge < -0.3 is 97.9 Å². The number of amides is 4. The number of carbonyl (C=O) groups excluding carboxylic acids is 7. The molecule has 0 aliphatic carbocycles. The molecule has 0 spiro atoms. The van der Waals surface area contributed by atoms with Gasteiger partial charge in [-0.3, -0.25) is 9.98 Å². The number of hydrogen-bond acceptors (Lipinski definition) is 21. The summed E-state index contributed by atoms with van der Waals surface area (Å²) in [5.74, 6) is -0.609. The van der Waals surface area contributed by atoms with Crippen molar-refractivity contribution in [3.8, 4) is 0 Å². The summed E-state index contributed by atoms with van der Waals surface area (Å²) in [6.45, 7) is 31.9. The van der Waals surface area contributed by atoms with Crippen LogP contribution in [-0.2, 0) is 65.2 Å². The number of benzene rings is 3. The molecule has 0 unspecified atom stereocenters. The molecule has 0 saturated carbocycles. The van der Waals surface area contributed by atoms with Crippen molar-refractivity contribution in [1.82, 2.24) is 21.3 Å². The Balaban J connectivity index is -0.00000124. The number of methoxy groups -OCH3 is 3. The third-order valence-corrected chi connectivity index (χ3v) is 13.4. The number of hydrogen-bond donors (Lipinski definition) is 11. The highest BCUT2D eigenvalue weighted by atomic mass is 35.5. The van der Waals surface area contributed by atoms with Crippen LogP contribution in [0.5, 0.6) is 0 Å². The monoisotopic (exact) mass is 1470 g/mol. The van der Waals surface area contributed by atoms with Crippen LogP contribution in [0.15, 0.2) is 82.8 Å². The number of unbranched alkanes of at least 4 members (excludes halogenated alkanes) is 4. The quantitative estimate of drug-likeness (QED) is 0.0117. The minimum absolute atomic E-state index is 0. The Morgan fingerprint density at radius 3 is 1.08 bits per heavy atom. The standard InChI is InChI=1S/C20H29N3O4.C19H27N3O4.C13H22N2O4.C12H24N2O4.C7H9N.2CH5N.ClH/c1-20(2,3)27-19(25)23-16(18(24)26-4)11-7-8-12-21-17-13-14-9-5-6-10-15(14)22-17;1-19(2,3)26-18(25)22-15(17(23)24)10-6-7-11-20-16-12-13-8-4-5-9-14(13)21-16;1-13(2,3)19-12(17)15-10(11(16)18-5)8-6-7-9-14-4;1-12(2,3)18-11(16)14-9(10(15)17-4)7-5-6-8-13;1-6-4-2-3-5-7(6)8;2*1-2;/h5-6,9-10,16H,7-8,11-13H2,1-4H3,(H,21,22)(H,23,25);4-5,8-9,15H,6-7,10-12H2,1-3H3,(H,20,21)(H,22,25)(H,23,24);10H,6-9H2,1-3,5H3,(H,15,17);9H,5-8,13H2,1-4H3,(H,14,16);2-5H,8H2,1H3;2*2H2,1H3;1H/t16-;15-;10-;9-;;;;/m0000..../s1. The van der Waals surface area contributed by atoms with E-state index in [-0.39, 0.29) is 12.4 Å². The van der Waals surface area contributed by atoms with Crippen molar-refractivity contribution < 1.29 is 76.6 Å². The van der Waals surface area contributed by atoms with Gasteiger partial charge in [-0.15, -0.1) is 12.4 Å². The summed E-state index contributed by atoms with van der Waals surface area (Å²) in [5.41, 5.74) is 24.1. The lowest BCUT2D eigenvalue weighted by atomic mass is 10.1. The van der Waals surface area contributed by atoms with Crippen molar-refractivity contribution in [3.63, 3.8) is 0 Å².